The molecule has 0 radical (unpaired) electrons. The van der Waals surface area contributed by atoms with Gasteiger partial charge in [0, 0.05) is 24.7 Å². The van der Waals surface area contributed by atoms with Crippen LogP contribution in [-0.4, -0.2) is 112 Å². The Kier molecular flexibility index (Phi) is 19.2. The van der Waals surface area contributed by atoms with Crippen molar-refractivity contribution < 1.29 is 43.4 Å². The molecule has 0 aliphatic carbocycles. The second-order valence-electron chi connectivity index (χ2n) is 12.5. The lowest BCUT2D eigenvalue weighted by Gasteiger charge is -2.28. The lowest BCUT2D eigenvalue weighted by atomic mass is 10.0. The van der Waals surface area contributed by atoms with Crippen LogP contribution in [0.4, 0.5) is 0 Å². The molecule has 1 aromatic rings. The number of carbonyl (C=O) groups is 7. The van der Waals surface area contributed by atoms with Crippen molar-refractivity contribution in [1.82, 2.24) is 36.6 Å². The molecule has 1 heterocycles. The molecule has 0 spiro atoms. The first-order valence-electron chi connectivity index (χ1n) is 16.5. The molecule has 282 valence electrons. The maximum atomic E-state index is 13.7. The summed E-state index contributed by atoms with van der Waals surface area (Å²) in [6.45, 7) is 6.64. The highest BCUT2D eigenvalue weighted by Gasteiger charge is 2.33. The van der Waals surface area contributed by atoms with E-state index in [1.54, 1.807) is 13.8 Å². The molecule has 0 saturated heterocycles. The van der Waals surface area contributed by atoms with E-state index >= 15 is 0 Å². The fraction of sp³-hybridized carbons (Fsp3) is 0.677. The number of aliphatic hydroxyl groups is 1. The Hall–Kier alpha value is -4.62. The molecule has 0 bridgehead atoms. The molecular formula is C31H54N10O9. The third kappa shape index (κ3) is 15.7. The highest BCUT2D eigenvalue weighted by atomic mass is 16.5. The lowest BCUT2D eigenvalue weighted by molar-refractivity contribution is -0.144. The van der Waals surface area contributed by atoms with Gasteiger partial charge in [-0.1, -0.05) is 13.8 Å². The van der Waals surface area contributed by atoms with Crippen molar-refractivity contribution in [2.75, 3.05) is 13.7 Å². The number of imidazole rings is 1. The number of primary amides is 1. The number of aliphatic hydroxyl groups excluding tert-OH is 1. The predicted octanol–water partition coefficient (Wildman–Crippen LogP) is -3.28. The standard InChI is InChI=1S/C31H54N10O9/c1-16(2)12-22(40-27(45)21(9-10-24(33)43)39-30(48)25(34)18(4)42)29(47)38-20(8-6-7-11-32)26(44)41-23(13-19-14-35-15-36-19)28(46)37-17(3)31(49)50-5/h14-18,20-23,25,42H,6-13,32,34H2,1-5H3,(H2,33,43)(H,35,36)(H,37,46)(H,38,47)(H,39,48)(H,40,45)(H,41,44)/t17-,18-,20-,21-,22-,23-,25-/m1/s1. The molecule has 0 aliphatic heterocycles. The minimum atomic E-state index is -1.37. The van der Waals surface area contributed by atoms with Gasteiger partial charge in [-0.15, -0.1) is 0 Å². The molecule has 0 aromatic carbocycles. The minimum Gasteiger partial charge on any atom is -0.467 e. The normalized spacial score (nSPS) is 15.3. The highest BCUT2D eigenvalue weighted by Crippen LogP contribution is 2.10. The molecule has 50 heavy (non-hydrogen) atoms. The maximum Gasteiger partial charge on any atom is 0.328 e. The summed E-state index contributed by atoms with van der Waals surface area (Å²) in [5, 5.41) is 22.5. The Morgan fingerprint density at radius 1 is 0.820 bits per heavy atom. The van der Waals surface area contributed by atoms with E-state index in [4.69, 9.17) is 17.2 Å². The van der Waals surface area contributed by atoms with E-state index in [2.05, 4.69) is 41.3 Å². The maximum absolute atomic E-state index is 13.7. The molecule has 0 fully saturated rings. The SMILES string of the molecule is COC(=O)[C@@H](C)NC(=O)[C@@H](Cc1cnc[nH]1)NC(=O)[C@@H](CCCCN)NC(=O)[C@@H](CC(C)C)NC(=O)[C@@H](CCC(N)=O)NC(=O)[C@H](N)[C@@H](C)O. The van der Waals surface area contributed by atoms with Crippen molar-refractivity contribution in [2.45, 2.75) is 115 Å². The third-order valence-electron chi connectivity index (χ3n) is 7.58. The molecule has 0 aliphatic rings. The van der Waals surface area contributed by atoms with Crippen molar-refractivity contribution in [3.63, 3.8) is 0 Å². The van der Waals surface area contributed by atoms with Crippen LogP contribution >= 0.6 is 0 Å². The van der Waals surface area contributed by atoms with Crippen molar-refractivity contribution in [1.29, 1.82) is 0 Å². The quantitative estimate of drug-likeness (QED) is 0.0395. The van der Waals surface area contributed by atoms with Crippen LogP contribution < -0.4 is 43.8 Å². The van der Waals surface area contributed by atoms with Gasteiger partial charge >= 0.3 is 5.97 Å². The van der Waals surface area contributed by atoms with Crippen LogP contribution in [0.3, 0.4) is 0 Å². The van der Waals surface area contributed by atoms with E-state index in [0.717, 1.165) is 0 Å². The predicted molar refractivity (Wildman–Crippen MR) is 180 cm³/mol. The fourth-order valence-corrected chi connectivity index (χ4v) is 4.70. The number of nitrogens with zero attached hydrogens (tertiary/aromatic N) is 1. The van der Waals surface area contributed by atoms with Crippen LogP contribution in [0.25, 0.3) is 0 Å². The summed E-state index contributed by atoms with van der Waals surface area (Å²) in [5.74, 6) is -5.38. The van der Waals surface area contributed by atoms with E-state index in [1.165, 1.54) is 33.5 Å². The van der Waals surface area contributed by atoms with Gasteiger partial charge in [-0.3, -0.25) is 28.8 Å². The van der Waals surface area contributed by atoms with Crippen molar-refractivity contribution in [2.24, 2.45) is 23.1 Å². The summed E-state index contributed by atoms with van der Waals surface area (Å²) in [5.41, 5.74) is 17.1. The minimum absolute atomic E-state index is 0.0297. The summed E-state index contributed by atoms with van der Waals surface area (Å²) in [4.78, 5) is 96.8. The number of amides is 6. The summed E-state index contributed by atoms with van der Waals surface area (Å²) in [6, 6.07) is -7.29. The molecule has 0 saturated carbocycles. The molecule has 13 N–H and O–H groups in total. The van der Waals surface area contributed by atoms with Crippen molar-refractivity contribution in [3.05, 3.63) is 18.2 Å². The number of nitrogens with one attached hydrogen (secondary N) is 6. The number of methoxy groups -OCH3 is 1. The second-order valence-corrected chi connectivity index (χ2v) is 12.5. The molecule has 0 unspecified atom stereocenters. The number of ether oxygens (including phenoxy) is 1. The summed E-state index contributed by atoms with van der Waals surface area (Å²) in [6.07, 6.45) is 2.30. The molecule has 1 rings (SSSR count). The van der Waals surface area contributed by atoms with Crippen molar-refractivity contribution in [3.8, 4) is 0 Å². The number of hydrogen-bond donors (Lipinski definition) is 10. The Labute approximate surface area is 291 Å². The molecule has 19 nitrogen and oxygen atoms in total. The summed E-state index contributed by atoms with van der Waals surface area (Å²) in [7, 11) is 1.17. The van der Waals surface area contributed by atoms with Gasteiger partial charge in [0.05, 0.1) is 19.5 Å². The van der Waals surface area contributed by atoms with Crippen LogP contribution in [0.1, 0.15) is 71.9 Å². The first-order chi connectivity index (χ1) is 23.5. The van der Waals surface area contributed by atoms with Gasteiger partial charge in [0.15, 0.2) is 0 Å². The summed E-state index contributed by atoms with van der Waals surface area (Å²) >= 11 is 0. The third-order valence-corrected chi connectivity index (χ3v) is 7.58. The molecular weight excluding hydrogens is 656 g/mol. The molecule has 1 aromatic heterocycles. The van der Waals surface area contributed by atoms with Gasteiger partial charge in [-0.25, -0.2) is 9.78 Å². The number of unbranched alkanes of at least 4 members (excludes halogenated alkanes) is 1. The van der Waals surface area contributed by atoms with E-state index < -0.39 is 83.8 Å². The first-order valence-corrected chi connectivity index (χ1v) is 16.5. The Bertz CT molecular complexity index is 1280. The molecule has 7 atom stereocenters. The molecule has 6 amide bonds. The van der Waals surface area contributed by atoms with Gasteiger partial charge in [0.2, 0.25) is 35.4 Å². The van der Waals surface area contributed by atoms with Crippen LogP contribution in [0.15, 0.2) is 12.5 Å². The monoisotopic (exact) mass is 710 g/mol. The van der Waals surface area contributed by atoms with E-state index in [9.17, 15) is 38.7 Å². The Morgan fingerprint density at radius 2 is 1.36 bits per heavy atom. The van der Waals surface area contributed by atoms with Crippen LogP contribution in [0.5, 0.6) is 0 Å². The van der Waals surface area contributed by atoms with E-state index in [0.29, 0.717) is 25.1 Å². The highest BCUT2D eigenvalue weighted by molar-refractivity contribution is 5.96. The fourth-order valence-electron chi connectivity index (χ4n) is 4.70. The number of H-pyrrole nitrogens is 1. The van der Waals surface area contributed by atoms with Gasteiger partial charge in [-0.2, -0.15) is 0 Å². The topological polar surface area (TPSA) is 316 Å². The Balaban J connectivity index is 3.28. The Morgan fingerprint density at radius 3 is 1.88 bits per heavy atom. The van der Waals surface area contributed by atoms with Gasteiger partial charge in [-0.05, 0) is 58.4 Å². The van der Waals surface area contributed by atoms with E-state index in [1.807, 2.05) is 0 Å². The number of nitrogens with two attached hydrogens (primary N) is 3. The van der Waals surface area contributed by atoms with Crippen LogP contribution in [0.2, 0.25) is 0 Å². The van der Waals surface area contributed by atoms with Crippen LogP contribution in [-0.2, 0) is 44.7 Å². The van der Waals surface area contributed by atoms with Crippen molar-refractivity contribution >= 4 is 41.4 Å². The zero-order valence-corrected chi connectivity index (χ0v) is 29.3. The second kappa shape index (κ2) is 22.2. The summed E-state index contributed by atoms with van der Waals surface area (Å²) < 4.78 is 4.67. The largest absolute Gasteiger partial charge is 0.467 e. The number of carbonyl (C=O) groups excluding carboxylic acids is 7. The van der Waals surface area contributed by atoms with E-state index in [-0.39, 0.29) is 38.0 Å². The number of rotatable bonds is 23. The van der Waals surface area contributed by atoms with Crippen LogP contribution in [0, 0.1) is 5.92 Å². The van der Waals surface area contributed by atoms with Gasteiger partial charge in [0.25, 0.3) is 0 Å². The zero-order chi connectivity index (χ0) is 38.0. The average Bonchev–Trinajstić information content (AvgIpc) is 3.57. The zero-order valence-electron chi connectivity index (χ0n) is 29.3. The first kappa shape index (κ1) is 43.4. The average molecular weight is 711 g/mol. The smallest absolute Gasteiger partial charge is 0.328 e. The lowest BCUT2D eigenvalue weighted by Crippen LogP contribution is -2.60. The van der Waals surface area contributed by atoms with Gasteiger partial charge in [0.1, 0.15) is 36.3 Å². The number of hydrogen-bond acceptors (Lipinski definition) is 12. The number of aromatic nitrogens is 2. The number of aromatic amines is 1. The molecule has 19 heteroatoms. The number of esters is 1. The van der Waals surface area contributed by atoms with Gasteiger partial charge < -0.3 is 58.6 Å².